The van der Waals surface area contributed by atoms with Crippen LogP contribution in [0, 0.1) is 17.8 Å². The van der Waals surface area contributed by atoms with Crippen LogP contribution in [0.3, 0.4) is 0 Å². The van der Waals surface area contributed by atoms with Crippen LogP contribution in [0.1, 0.15) is 140 Å². The Morgan fingerprint density at radius 1 is 0.700 bits per heavy atom. The number of aromatic nitrogens is 1. The zero-order chi connectivity index (χ0) is 21.0. The summed E-state index contributed by atoms with van der Waals surface area (Å²) in [6, 6.07) is 4.70. The maximum Gasteiger partial charge on any atom is 0.0434 e. The van der Waals surface area contributed by atoms with E-state index in [2.05, 4.69) is 32.2 Å². The number of hydrogen-bond acceptors (Lipinski definition) is 1. The number of aryl methyl sites for hydroxylation is 1. The Kier molecular flexibility index (Phi) is 10.7. The average molecular weight is 412 g/mol. The Labute approximate surface area is 187 Å². The molecule has 0 atom stereocenters. The van der Waals surface area contributed by atoms with Crippen LogP contribution in [0.15, 0.2) is 18.3 Å². The second-order valence-electron chi connectivity index (χ2n) is 10.6. The van der Waals surface area contributed by atoms with Gasteiger partial charge in [0.25, 0.3) is 0 Å². The molecule has 2 aliphatic rings. The maximum absolute atomic E-state index is 4.88. The van der Waals surface area contributed by atoms with Crippen LogP contribution in [0.5, 0.6) is 0 Å². The third-order valence-electron chi connectivity index (χ3n) is 8.38. The first-order chi connectivity index (χ1) is 14.8. The Hall–Kier alpha value is -0.850. The third-order valence-corrected chi connectivity index (χ3v) is 8.38. The largest absolute Gasteiger partial charge is 0.261 e. The van der Waals surface area contributed by atoms with E-state index in [9.17, 15) is 0 Å². The Balaban J connectivity index is 1.33. The SMILES string of the molecule is CCCCCCC[C@H]1CC[C@H]([C@H]2CC[C@H](c3ccc(CCCCC)cn3)CC2)CC1. The summed E-state index contributed by atoms with van der Waals surface area (Å²) >= 11 is 0. The van der Waals surface area contributed by atoms with E-state index in [1.165, 1.54) is 127 Å². The van der Waals surface area contributed by atoms with Crippen LogP contribution in [0.2, 0.25) is 0 Å². The lowest BCUT2D eigenvalue weighted by Crippen LogP contribution is -2.25. The van der Waals surface area contributed by atoms with E-state index in [1.54, 1.807) is 0 Å². The number of hydrogen-bond donors (Lipinski definition) is 0. The van der Waals surface area contributed by atoms with Crippen LogP contribution >= 0.6 is 0 Å². The topological polar surface area (TPSA) is 12.9 Å². The molecule has 3 rings (SSSR count). The standard InChI is InChI=1S/C29H49N/c1-3-5-7-8-10-11-24-13-16-26(17-14-24)27-18-20-28(21-19-27)29-22-15-25(23-30-29)12-9-6-4-2/h15,22-24,26-28H,3-14,16-21H2,1-2H3/t24-,26-,27-,28-. The van der Waals surface area contributed by atoms with Crippen molar-refractivity contribution < 1.29 is 0 Å². The van der Waals surface area contributed by atoms with Crippen molar-refractivity contribution in [3.8, 4) is 0 Å². The number of nitrogens with zero attached hydrogens (tertiary/aromatic N) is 1. The highest BCUT2D eigenvalue weighted by Crippen LogP contribution is 2.44. The second kappa shape index (κ2) is 13.5. The van der Waals surface area contributed by atoms with Crippen molar-refractivity contribution in [2.75, 3.05) is 0 Å². The molecule has 0 aliphatic heterocycles. The fourth-order valence-corrected chi connectivity index (χ4v) is 6.28. The van der Waals surface area contributed by atoms with Crippen molar-refractivity contribution in [1.29, 1.82) is 0 Å². The van der Waals surface area contributed by atoms with Gasteiger partial charge in [-0.1, -0.05) is 84.1 Å². The molecule has 0 aromatic carbocycles. The molecule has 0 amide bonds. The molecule has 30 heavy (non-hydrogen) atoms. The van der Waals surface area contributed by atoms with Gasteiger partial charge in [-0.2, -0.15) is 0 Å². The lowest BCUT2D eigenvalue weighted by Gasteiger charge is -2.38. The summed E-state index contributed by atoms with van der Waals surface area (Å²) in [5.41, 5.74) is 2.81. The van der Waals surface area contributed by atoms with Gasteiger partial charge in [-0.15, -0.1) is 0 Å². The van der Waals surface area contributed by atoms with Crippen molar-refractivity contribution in [3.63, 3.8) is 0 Å². The van der Waals surface area contributed by atoms with Gasteiger partial charge in [0.1, 0.15) is 0 Å². The summed E-state index contributed by atoms with van der Waals surface area (Å²) in [4.78, 5) is 4.88. The summed E-state index contributed by atoms with van der Waals surface area (Å²) in [7, 11) is 0. The summed E-state index contributed by atoms with van der Waals surface area (Å²) < 4.78 is 0. The highest BCUT2D eigenvalue weighted by atomic mass is 14.7. The molecule has 1 heteroatoms. The van der Waals surface area contributed by atoms with Crippen LogP contribution in [0.25, 0.3) is 0 Å². The van der Waals surface area contributed by atoms with Gasteiger partial charge in [-0.3, -0.25) is 4.98 Å². The number of rotatable bonds is 12. The predicted molar refractivity (Wildman–Crippen MR) is 131 cm³/mol. The molecule has 1 heterocycles. The Morgan fingerprint density at radius 2 is 1.33 bits per heavy atom. The van der Waals surface area contributed by atoms with Crippen molar-refractivity contribution in [2.45, 2.75) is 135 Å². The van der Waals surface area contributed by atoms with Gasteiger partial charge in [0, 0.05) is 17.8 Å². The van der Waals surface area contributed by atoms with Gasteiger partial charge < -0.3 is 0 Å². The van der Waals surface area contributed by atoms with Gasteiger partial charge in [0.2, 0.25) is 0 Å². The normalized spacial score (nSPS) is 27.3. The molecule has 0 radical (unpaired) electrons. The third kappa shape index (κ3) is 7.69. The van der Waals surface area contributed by atoms with Crippen LogP contribution in [-0.4, -0.2) is 4.98 Å². The molecule has 0 bridgehead atoms. The Bertz CT molecular complexity index is 546. The molecule has 0 spiro atoms. The van der Waals surface area contributed by atoms with Crippen LogP contribution < -0.4 is 0 Å². The molecule has 2 saturated carbocycles. The first kappa shape index (κ1) is 23.8. The Morgan fingerprint density at radius 3 is 1.97 bits per heavy atom. The first-order valence-corrected chi connectivity index (χ1v) is 13.7. The van der Waals surface area contributed by atoms with E-state index in [0.29, 0.717) is 0 Å². The second-order valence-corrected chi connectivity index (χ2v) is 10.6. The average Bonchev–Trinajstić information content (AvgIpc) is 2.80. The summed E-state index contributed by atoms with van der Waals surface area (Å²) in [5.74, 6) is 3.83. The van der Waals surface area contributed by atoms with Gasteiger partial charge >= 0.3 is 0 Å². The van der Waals surface area contributed by atoms with Crippen molar-refractivity contribution >= 4 is 0 Å². The van der Waals surface area contributed by atoms with Gasteiger partial charge in [-0.25, -0.2) is 0 Å². The van der Waals surface area contributed by atoms with Crippen molar-refractivity contribution in [1.82, 2.24) is 4.98 Å². The lowest BCUT2D eigenvalue weighted by molar-refractivity contribution is 0.155. The zero-order valence-electron chi connectivity index (χ0n) is 20.2. The van der Waals surface area contributed by atoms with E-state index in [-0.39, 0.29) is 0 Å². The first-order valence-electron chi connectivity index (χ1n) is 13.7. The summed E-state index contributed by atoms with van der Waals surface area (Å²) in [6.07, 6.45) is 27.9. The fraction of sp³-hybridized carbons (Fsp3) is 0.828. The molecule has 2 fully saturated rings. The minimum absolute atomic E-state index is 0.727. The van der Waals surface area contributed by atoms with E-state index >= 15 is 0 Å². The number of unbranched alkanes of at least 4 members (excludes halogenated alkanes) is 6. The van der Waals surface area contributed by atoms with E-state index in [4.69, 9.17) is 4.98 Å². The van der Waals surface area contributed by atoms with Crippen LogP contribution in [-0.2, 0) is 6.42 Å². The predicted octanol–water partition coefficient (Wildman–Crippen LogP) is 9.26. The number of pyridine rings is 1. The molecule has 170 valence electrons. The molecule has 2 aliphatic carbocycles. The highest BCUT2D eigenvalue weighted by Gasteiger charge is 2.31. The summed E-state index contributed by atoms with van der Waals surface area (Å²) in [5, 5.41) is 0. The molecule has 1 nitrogen and oxygen atoms in total. The monoisotopic (exact) mass is 411 g/mol. The molecular formula is C29H49N. The molecule has 0 unspecified atom stereocenters. The van der Waals surface area contributed by atoms with Gasteiger partial charge in [0.05, 0.1) is 0 Å². The van der Waals surface area contributed by atoms with E-state index < -0.39 is 0 Å². The molecule has 0 saturated heterocycles. The minimum atomic E-state index is 0.727. The smallest absolute Gasteiger partial charge is 0.0434 e. The lowest BCUT2D eigenvalue weighted by atomic mass is 9.68. The quantitative estimate of drug-likeness (QED) is 0.312. The van der Waals surface area contributed by atoms with E-state index in [1.807, 2.05) is 0 Å². The van der Waals surface area contributed by atoms with E-state index in [0.717, 1.165) is 23.7 Å². The van der Waals surface area contributed by atoms with Crippen LogP contribution in [0.4, 0.5) is 0 Å². The summed E-state index contributed by atoms with van der Waals surface area (Å²) in [6.45, 7) is 4.59. The molecule has 1 aromatic heterocycles. The van der Waals surface area contributed by atoms with Crippen molar-refractivity contribution in [2.24, 2.45) is 17.8 Å². The fourth-order valence-electron chi connectivity index (χ4n) is 6.28. The van der Waals surface area contributed by atoms with Gasteiger partial charge in [-0.05, 0) is 80.8 Å². The maximum atomic E-state index is 4.88. The van der Waals surface area contributed by atoms with Crippen molar-refractivity contribution in [3.05, 3.63) is 29.6 Å². The zero-order valence-corrected chi connectivity index (χ0v) is 20.2. The highest BCUT2D eigenvalue weighted by molar-refractivity contribution is 5.17. The molecule has 1 aromatic rings. The molecule has 0 N–H and O–H groups in total. The minimum Gasteiger partial charge on any atom is -0.261 e. The molecular weight excluding hydrogens is 362 g/mol. The van der Waals surface area contributed by atoms with Gasteiger partial charge in [0.15, 0.2) is 0 Å².